The molecule has 0 spiro atoms. The van der Waals surface area contributed by atoms with Gasteiger partial charge in [-0.25, -0.2) is 4.39 Å². The zero-order chi connectivity index (χ0) is 22.8. The number of halogens is 1. The third kappa shape index (κ3) is 5.74. The van der Waals surface area contributed by atoms with E-state index in [1.165, 1.54) is 12.1 Å². The molecule has 0 fully saturated rings. The molecular formula is C25H31FNO3P. The maximum absolute atomic E-state index is 13.5. The second-order valence-corrected chi connectivity index (χ2v) is 12.3. The van der Waals surface area contributed by atoms with Crippen LogP contribution in [0.25, 0.3) is 28.1 Å². The first-order chi connectivity index (χ1) is 14.6. The second kappa shape index (κ2) is 9.52. The van der Waals surface area contributed by atoms with E-state index in [1.807, 2.05) is 24.3 Å². The third-order valence-electron chi connectivity index (χ3n) is 5.24. The zero-order valence-electron chi connectivity index (χ0n) is 18.5. The van der Waals surface area contributed by atoms with Gasteiger partial charge in [0.2, 0.25) is 0 Å². The predicted octanol–water partition coefficient (Wildman–Crippen LogP) is 5.78. The molecule has 6 heteroatoms. The molecule has 31 heavy (non-hydrogen) atoms. The van der Waals surface area contributed by atoms with E-state index in [1.54, 1.807) is 31.5 Å². The Morgan fingerprint density at radius 2 is 1.71 bits per heavy atom. The number of rotatable bonds is 8. The molecule has 0 saturated carbocycles. The van der Waals surface area contributed by atoms with Crippen molar-refractivity contribution in [3.8, 4) is 11.1 Å². The van der Waals surface area contributed by atoms with Gasteiger partial charge in [0.05, 0.1) is 19.3 Å². The van der Waals surface area contributed by atoms with Crippen molar-refractivity contribution in [3.63, 3.8) is 0 Å². The van der Waals surface area contributed by atoms with Crippen LogP contribution in [-0.4, -0.2) is 46.5 Å². The minimum absolute atomic E-state index is 0.121. The molecule has 166 valence electrons. The lowest BCUT2D eigenvalue weighted by Crippen LogP contribution is -2.19. The summed E-state index contributed by atoms with van der Waals surface area (Å²) >= 11 is 0. The topological polar surface area (TPSA) is 62.5 Å². The summed E-state index contributed by atoms with van der Waals surface area (Å²) in [5.74, 6) is -0.290. The average Bonchev–Trinajstić information content (AvgIpc) is 3.00. The van der Waals surface area contributed by atoms with Crippen molar-refractivity contribution < 1.29 is 19.2 Å². The summed E-state index contributed by atoms with van der Waals surface area (Å²) in [7, 11) is -2.37. The fourth-order valence-corrected chi connectivity index (χ4v) is 5.23. The van der Waals surface area contributed by atoms with Gasteiger partial charge in [0.25, 0.3) is 0 Å². The fraction of sp³-hybridized carbons (Fsp3) is 0.360. The van der Waals surface area contributed by atoms with Crippen molar-refractivity contribution in [3.05, 3.63) is 66.1 Å². The van der Waals surface area contributed by atoms with Crippen LogP contribution in [0.3, 0.4) is 0 Å². The van der Waals surface area contributed by atoms with E-state index in [-0.39, 0.29) is 24.4 Å². The van der Waals surface area contributed by atoms with Gasteiger partial charge in [-0.2, -0.15) is 0 Å². The van der Waals surface area contributed by atoms with E-state index < -0.39 is 19.3 Å². The van der Waals surface area contributed by atoms with E-state index in [4.69, 9.17) is 0 Å². The molecule has 2 N–H and O–H groups in total. The Hall–Kier alpha value is -2.20. The molecule has 0 amide bonds. The van der Waals surface area contributed by atoms with Gasteiger partial charge in [-0.1, -0.05) is 36.4 Å². The monoisotopic (exact) mass is 443 g/mol. The van der Waals surface area contributed by atoms with Crippen LogP contribution in [0.2, 0.25) is 0 Å². The molecule has 3 aromatic rings. The third-order valence-corrected chi connectivity index (χ3v) is 6.54. The molecule has 0 bridgehead atoms. The number of aliphatic hydroxyl groups excluding tert-OH is 2. The first-order valence-electron chi connectivity index (χ1n) is 10.5. The number of fused-ring (bicyclic) bond motifs is 1. The SMILES string of the molecule is CC(C)n1c(/C=C/[C@@H](O)C[C@@H](O)CP(C)(C)=O)c(-c2ccc(F)cc2)c2ccccc21. The fourth-order valence-electron chi connectivity index (χ4n) is 4.06. The molecule has 0 aliphatic heterocycles. The quantitative estimate of drug-likeness (QED) is 0.434. The first kappa shape index (κ1) is 23.5. The number of para-hydroxylation sites is 1. The summed E-state index contributed by atoms with van der Waals surface area (Å²) in [6, 6.07) is 14.7. The van der Waals surface area contributed by atoms with Crippen LogP contribution in [0.4, 0.5) is 4.39 Å². The maximum Gasteiger partial charge on any atom is 0.123 e. The number of aliphatic hydroxyl groups is 2. The standard InChI is InChI=1S/C25H31FNO3P/c1-17(2)27-23-8-6-5-7-22(23)25(18-9-11-19(26)12-10-18)24(27)14-13-20(28)15-21(29)16-31(3,4)30/h5-14,17,20-21,28-29H,15-16H2,1-4H3/b14-13+/t20-,21-/m1/s1. The summed E-state index contributed by atoms with van der Waals surface area (Å²) in [6.45, 7) is 7.46. The van der Waals surface area contributed by atoms with Crippen molar-refractivity contribution in [2.24, 2.45) is 0 Å². The lowest BCUT2D eigenvalue weighted by atomic mass is 10.0. The number of benzene rings is 2. The van der Waals surface area contributed by atoms with Gasteiger partial charge < -0.3 is 19.3 Å². The Morgan fingerprint density at radius 3 is 2.32 bits per heavy atom. The van der Waals surface area contributed by atoms with Crippen molar-refractivity contribution in [2.45, 2.75) is 38.5 Å². The molecule has 4 nitrogen and oxygen atoms in total. The molecule has 0 radical (unpaired) electrons. The highest BCUT2D eigenvalue weighted by Gasteiger charge is 2.20. The summed E-state index contributed by atoms with van der Waals surface area (Å²) in [5.41, 5.74) is 3.83. The number of nitrogens with zero attached hydrogens (tertiary/aromatic N) is 1. The van der Waals surface area contributed by atoms with Crippen LogP contribution >= 0.6 is 7.14 Å². The Balaban J connectivity index is 2.05. The summed E-state index contributed by atoms with van der Waals surface area (Å²) < 4.78 is 27.7. The Kier molecular flexibility index (Phi) is 7.20. The normalized spacial score (nSPS) is 14.6. The summed E-state index contributed by atoms with van der Waals surface area (Å²) in [5, 5.41) is 21.7. The molecule has 1 heterocycles. The van der Waals surface area contributed by atoms with Crippen LogP contribution in [0.1, 0.15) is 32.0 Å². The van der Waals surface area contributed by atoms with Gasteiger partial charge in [0, 0.05) is 40.8 Å². The largest absolute Gasteiger partial charge is 0.393 e. The lowest BCUT2D eigenvalue weighted by Gasteiger charge is -2.16. The number of hydrogen-bond acceptors (Lipinski definition) is 3. The highest BCUT2D eigenvalue weighted by molar-refractivity contribution is 7.62. The molecule has 2 aromatic carbocycles. The predicted molar refractivity (Wildman–Crippen MR) is 128 cm³/mol. The minimum atomic E-state index is -2.37. The molecule has 3 rings (SSSR count). The van der Waals surface area contributed by atoms with Crippen molar-refractivity contribution in [1.82, 2.24) is 4.57 Å². The molecule has 2 atom stereocenters. The second-order valence-electron chi connectivity index (χ2n) is 8.82. The summed E-state index contributed by atoms with van der Waals surface area (Å²) in [4.78, 5) is 0. The zero-order valence-corrected chi connectivity index (χ0v) is 19.4. The van der Waals surface area contributed by atoms with Crippen molar-refractivity contribution in [1.29, 1.82) is 0 Å². The van der Waals surface area contributed by atoms with Crippen LogP contribution in [-0.2, 0) is 4.57 Å². The van der Waals surface area contributed by atoms with Crippen molar-refractivity contribution in [2.75, 3.05) is 19.5 Å². The molecule has 0 saturated heterocycles. The van der Waals surface area contributed by atoms with E-state index >= 15 is 0 Å². The first-order valence-corrected chi connectivity index (χ1v) is 13.3. The van der Waals surface area contributed by atoms with Gasteiger partial charge in [-0.05, 0) is 57.0 Å². The number of aromatic nitrogens is 1. The maximum atomic E-state index is 13.5. The Morgan fingerprint density at radius 1 is 1.06 bits per heavy atom. The van der Waals surface area contributed by atoms with Gasteiger partial charge in [-0.3, -0.25) is 0 Å². The highest BCUT2D eigenvalue weighted by Crippen LogP contribution is 2.39. The number of hydrogen-bond donors (Lipinski definition) is 2. The smallest absolute Gasteiger partial charge is 0.123 e. The highest BCUT2D eigenvalue weighted by atomic mass is 31.2. The van der Waals surface area contributed by atoms with Gasteiger partial charge >= 0.3 is 0 Å². The Labute approximate surface area is 183 Å². The van der Waals surface area contributed by atoms with E-state index in [0.717, 1.165) is 27.7 Å². The van der Waals surface area contributed by atoms with Gasteiger partial charge in [-0.15, -0.1) is 0 Å². The van der Waals surface area contributed by atoms with Crippen LogP contribution < -0.4 is 0 Å². The van der Waals surface area contributed by atoms with Gasteiger partial charge in [0.15, 0.2) is 0 Å². The van der Waals surface area contributed by atoms with Crippen LogP contribution in [0.15, 0.2) is 54.6 Å². The lowest BCUT2D eigenvalue weighted by molar-refractivity contribution is 0.118. The van der Waals surface area contributed by atoms with E-state index in [9.17, 15) is 19.2 Å². The van der Waals surface area contributed by atoms with Gasteiger partial charge in [0.1, 0.15) is 5.82 Å². The minimum Gasteiger partial charge on any atom is -0.393 e. The van der Waals surface area contributed by atoms with Crippen LogP contribution in [0.5, 0.6) is 0 Å². The molecular weight excluding hydrogens is 412 g/mol. The molecule has 0 aliphatic rings. The molecule has 0 unspecified atom stereocenters. The Bertz CT molecular complexity index is 1110. The van der Waals surface area contributed by atoms with Crippen LogP contribution in [0, 0.1) is 5.82 Å². The average molecular weight is 443 g/mol. The van der Waals surface area contributed by atoms with E-state index in [0.29, 0.717) is 0 Å². The molecule has 0 aliphatic carbocycles. The van der Waals surface area contributed by atoms with E-state index in [2.05, 4.69) is 24.5 Å². The summed E-state index contributed by atoms with van der Waals surface area (Å²) in [6.07, 6.45) is 2.14. The molecule has 1 aromatic heterocycles. The van der Waals surface area contributed by atoms with Crippen molar-refractivity contribution >= 4 is 24.1 Å².